The van der Waals surface area contributed by atoms with Crippen molar-refractivity contribution in [1.29, 1.82) is 0 Å². The SMILES string of the molecule is Cc1cnc(CNC(C)CN)o1. The van der Waals surface area contributed by atoms with Crippen LogP contribution in [0.25, 0.3) is 0 Å². The first-order chi connectivity index (χ1) is 5.72. The molecule has 1 unspecified atom stereocenters. The van der Waals surface area contributed by atoms with Gasteiger partial charge >= 0.3 is 0 Å². The summed E-state index contributed by atoms with van der Waals surface area (Å²) in [5.74, 6) is 1.56. The van der Waals surface area contributed by atoms with Crippen LogP contribution in [-0.4, -0.2) is 17.6 Å². The predicted octanol–water partition coefficient (Wildman–Crippen LogP) is 0.420. The van der Waals surface area contributed by atoms with E-state index >= 15 is 0 Å². The van der Waals surface area contributed by atoms with Crippen LogP contribution < -0.4 is 11.1 Å². The molecule has 12 heavy (non-hydrogen) atoms. The van der Waals surface area contributed by atoms with Gasteiger partial charge in [-0.3, -0.25) is 0 Å². The molecule has 0 fully saturated rings. The van der Waals surface area contributed by atoms with E-state index in [9.17, 15) is 0 Å². The van der Waals surface area contributed by atoms with Crippen LogP contribution in [0.4, 0.5) is 0 Å². The molecule has 0 saturated heterocycles. The van der Waals surface area contributed by atoms with Crippen molar-refractivity contribution in [2.24, 2.45) is 5.73 Å². The molecular weight excluding hydrogens is 154 g/mol. The van der Waals surface area contributed by atoms with Crippen molar-refractivity contribution in [3.8, 4) is 0 Å². The van der Waals surface area contributed by atoms with Gasteiger partial charge in [0.05, 0.1) is 12.7 Å². The molecule has 0 saturated carbocycles. The van der Waals surface area contributed by atoms with E-state index in [2.05, 4.69) is 10.3 Å². The van der Waals surface area contributed by atoms with Crippen molar-refractivity contribution < 1.29 is 4.42 Å². The molecule has 0 aliphatic rings. The maximum absolute atomic E-state index is 5.43. The Bertz CT molecular complexity index is 234. The van der Waals surface area contributed by atoms with Gasteiger partial charge in [-0.15, -0.1) is 0 Å². The highest BCUT2D eigenvalue weighted by molar-refractivity contribution is 4.90. The first kappa shape index (κ1) is 9.22. The van der Waals surface area contributed by atoms with Crippen molar-refractivity contribution in [3.63, 3.8) is 0 Å². The second-order valence-electron chi connectivity index (χ2n) is 2.88. The Labute approximate surface area is 72.2 Å². The van der Waals surface area contributed by atoms with E-state index in [0.29, 0.717) is 25.0 Å². The molecule has 1 aromatic rings. The van der Waals surface area contributed by atoms with Gasteiger partial charge in [0, 0.05) is 12.6 Å². The van der Waals surface area contributed by atoms with E-state index in [1.165, 1.54) is 0 Å². The van der Waals surface area contributed by atoms with Crippen LogP contribution in [0, 0.1) is 6.92 Å². The monoisotopic (exact) mass is 169 g/mol. The summed E-state index contributed by atoms with van der Waals surface area (Å²) in [6, 6.07) is 0.303. The fourth-order valence-electron chi connectivity index (χ4n) is 0.828. The standard InChI is InChI=1S/C8H15N3O/c1-6(3-9)10-5-8-11-4-7(2)12-8/h4,6,10H,3,5,9H2,1-2H3. The van der Waals surface area contributed by atoms with Gasteiger partial charge in [-0.05, 0) is 13.8 Å². The molecule has 0 bridgehead atoms. The van der Waals surface area contributed by atoms with Gasteiger partial charge in [0.25, 0.3) is 0 Å². The Morgan fingerprint density at radius 1 is 1.75 bits per heavy atom. The molecule has 4 heteroatoms. The van der Waals surface area contributed by atoms with Crippen LogP contribution in [0.2, 0.25) is 0 Å². The third-order valence-corrected chi connectivity index (χ3v) is 1.62. The molecule has 3 N–H and O–H groups in total. The minimum Gasteiger partial charge on any atom is -0.445 e. The molecule has 1 atom stereocenters. The highest BCUT2D eigenvalue weighted by Gasteiger charge is 2.02. The van der Waals surface area contributed by atoms with Crippen LogP contribution in [0.1, 0.15) is 18.6 Å². The lowest BCUT2D eigenvalue weighted by Gasteiger charge is -2.07. The third-order valence-electron chi connectivity index (χ3n) is 1.62. The average molecular weight is 169 g/mol. The van der Waals surface area contributed by atoms with E-state index in [4.69, 9.17) is 10.2 Å². The van der Waals surface area contributed by atoms with E-state index in [0.717, 1.165) is 5.76 Å². The van der Waals surface area contributed by atoms with Crippen molar-refractivity contribution in [3.05, 3.63) is 17.8 Å². The van der Waals surface area contributed by atoms with E-state index in [-0.39, 0.29) is 0 Å². The summed E-state index contributed by atoms with van der Waals surface area (Å²) in [6.45, 7) is 5.17. The summed E-state index contributed by atoms with van der Waals surface area (Å²) in [5.41, 5.74) is 5.43. The Hall–Kier alpha value is -0.870. The minimum absolute atomic E-state index is 0.303. The van der Waals surface area contributed by atoms with E-state index in [1.807, 2.05) is 13.8 Å². The summed E-state index contributed by atoms with van der Waals surface area (Å²) < 4.78 is 5.26. The highest BCUT2D eigenvalue weighted by atomic mass is 16.4. The quantitative estimate of drug-likeness (QED) is 0.685. The highest BCUT2D eigenvalue weighted by Crippen LogP contribution is 2.00. The van der Waals surface area contributed by atoms with Gasteiger partial charge in [-0.2, -0.15) is 0 Å². The number of nitrogens with two attached hydrogens (primary N) is 1. The van der Waals surface area contributed by atoms with Crippen molar-refractivity contribution in [2.75, 3.05) is 6.54 Å². The zero-order valence-corrected chi connectivity index (χ0v) is 7.50. The number of hydrogen-bond acceptors (Lipinski definition) is 4. The number of aromatic nitrogens is 1. The Morgan fingerprint density at radius 3 is 3.00 bits per heavy atom. The van der Waals surface area contributed by atoms with Crippen molar-refractivity contribution in [1.82, 2.24) is 10.3 Å². The van der Waals surface area contributed by atoms with E-state index < -0.39 is 0 Å². The molecule has 1 aromatic heterocycles. The van der Waals surface area contributed by atoms with Gasteiger partial charge in [-0.25, -0.2) is 4.98 Å². The van der Waals surface area contributed by atoms with Gasteiger partial charge in [-0.1, -0.05) is 0 Å². The number of nitrogens with one attached hydrogen (secondary N) is 1. The van der Waals surface area contributed by atoms with Gasteiger partial charge < -0.3 is 15.5 Å². The van der Waals surface area contributed by atoms with Gasteiger partial charge in [0.2, 0.25) is 5.89 Å². The number of oxazole rings is 1. The average Bonchev–Trinajstić information content (AvgIpc) is 2.47. The topological polar surface area (TPSA) is 64.1 Å². The number of rotatable bonds is 4. The maximum atomic E-state index is 5.43. The van der Waals surface area contributed by atoms with Crippen LogP contribution in [0.5, 0.6) is 0 Å². The zero-order valence-electron chi connectivity index (χ0n) is 7.50. The fraction of sp³-hybridized carbons (Fsp3) is 0.625. The molecule has 1 rings (SSSR count). The molecule has 0 aliphatic carbocycles. The Morgan fingerprint density at radius 2 is 2.50 bits per heavy atom. The number of nitrogens with zero attached hydrogens (tertiary/aromatic N) is 1. The molecule has 0 radical (unpaired) electrons. The summed E-state index contributed by atoms with van der Waals surface area (Å²) in [4.78, 5) is 4.05. The van der Waals surface area contributed by atoms with Gasteiger partial charge in [0.1, 0.15) is 5.76 Å². The molecule has 0 aromatic carbocycles. The minimum atomic E-state index is 0.303. The molecule has 0 spiro atoms. The molecule has 4 nitrogen and oxygen atoms in total. The number of hydrogen-bond donors (Lipinski definition) is 2. The van der Waals surface area contributed by atoms with Crippen LogP contribution in [0.3, 0.4) is 0 Å². The lowest BCUT2D eigenvalue weighted by molar-refractivity contribution is 0.430. The Kier molecular flexibility index (Phi) is 3.25. The van der Waals surface area contributed by atoms with Crippen LogP contribution in [-0.2, 0) is 6.54 Å². The lowest BCUT2D eigenvalue weighted by atomic mass is 10.3. The van der Waals surface area contributed by atoms with Crippen molar-refractivity contribution in [2.45, 2.75) is 26.4 Å². The third kappa shape index (κ3) is 2.64. The molecule has 0 amide bonds. The van der Waals surface area contributed by atoms with Gasteiger partial charge in [0.15, 0.2) is 0 Å². The number of aryl methyl sites for hydroxylation is 1. The first-order valence-corrected chi connectivity index (χ1v) is 4.07. The summed E-state index contributed by atoms with van der Waals surface area (Å²) in [6.07, 6.45) is 1.71. The lowest BCUT2D eigenvalue weighted by Crippen LogP contribution is -2.32. The maximum Gasteiger partial charge on any atom is 0.208 e. The zero-order chi connectivity index (χ0) is 8.97. The van der Waals surface area contributed by atoms with E-state index in [1.54, 1.807) is 6.20 Å². The first-order valence-electron chi connectivity index (χ1n) is 4.07. The predicted molar refractivity (Wildman–Crippen MR) is 46.6 cm³/mol. The molecule has 68 valence electrons. The fourth-order valence-corrected chi connectivity index (χ4v) is 0.828. The van der Waals surface area contributed by atoms with Crippen LogP contribution in [0.15, 0.2) is 10.6 Å². The second-order valence-corrected chi connectivity index (χ2v) is 2.88. The molecule has 1 heterocycles. The molecule has 0 aliphatic heterocycles. The summed E-state index contributed by atoms with van der Waals surface area (Å²) in [5, 5.41) is 3.18. The Balaban J connectivity index is 2.33. The normalized spacial score (nSPS) is 13.2. The molecular formula is C8H15N3O. The summed E-state index contributed by atoms with van der Waals surface area (Å²) in [7, 11) is 0. The largest absolute Gasteiger partial charge is 0.445 e. The van der Waals surface area contributed by atoms with Crippen LogP contribution >= 0.6 is 0 Å². The second kappa shape index (κ2) is 4.23. The van der Waals surface area contributed by atoms with Crippen molar-refractivity contribution >= 4 is 0 Å². The summed E-state index contributed by atoms with van der Waals surface area (Å²) >= 11 is 0. The smallest absolute Gasteiger partial charge is 0.208 e.